The minimum atomic E-state index is -0.578. The van der Waals surface area contributed by atoms with Gasteiger partial charge in [0.05, 0.1) is 0 Å². The number of piperidine rings is 1. The van der Waals surface area contributed by atoms with Gasteiger partial charge in [0.1, 0.15) is 6.04 Å². The third-order valence-corrected chi connectivity index (χ3v) is 5.65. The molecule has 1 heterocycles. The Balaban J connectivity index is 1.67. The van der Waals surface area contributed by atoms with Crippen molar-refractivity contribution in [2.24, 2.45) is 0 Å². The molecule has 2 N–H and O–H groups in total. The number of thioether (sulfide) groups is 1. The highest BCUT2D eigenvalue weighted by Gasteiger charge is 2.27. The van der Waals surface area contributed by atoms with Gasteiger partial charge in [0.25, 0.3) is 0 Å². The van der Waals surface area contributed by atoms with Crippen molar-refractivity contribution < 1.29 is 9.59 Å². The van der Waals surface area contributed by atoms with Crippen molar-refractivity contribution in [2.75, 3.05) is 24.7 Å². The normalized spacial score (nSPS) is 15.0. The Bertz CT molecular complexity index is 774. The van der Waals surface area contributed by atoms with Crippen molar-refractivity contribution in [3.63, 3.8) is 0 Å². The summed E-state index contributed by atoms with van der Waals surface area (Å²) < 4.78 is 0. The molecule has 0 aromatic heterocycles. The lowest BCUT2D eigenvalue weighted by Crippen LogP contribution is -2.52. The zero-order chi connectivity index (χ0) is 19.8. The number of rotatable bonds is 6. The molecule has 1 fully saturated rings. The number of nitrogens with zero attached hydrogens (tertiary/aromatic N) is 1. The number of carbonyl (C=O) groups excluding carboxylic acids is 2. The summed E-state index contributed by atoms with van der Waals surface area (Å²) in [4.78, 5) is 28.6. The number of hydrogen-bond acceptors (Lipinski definition) is 3. The molecule has 3 rings (SSSR count). The summed E-state index contributed by atoms with van der Waals surface area (Å²) in [5, 5.41) is 5.73. The van der Waals surface area contributed by atoms with Crippen LogP contribution in [0.5, 0.6) is 0 Å². The standard InChI is InChI=1S/C22H27N3O2S/c1-28-19-12-10-18(11-13-19)23-22(27)24-20(16-17-8-4-2-5-9-17)21(26)25-14-6-3-7-15-25/h2,4-5,8-13,20H,3,6-7,14-16H2,1H3,(H2,23,24,27)/t20-/m0/s1. The van der Waals surface area contributed by atoms with E-state index in [1.54, 1.807) is 11.8 Å². The van der Waals surface area contributed by atoms with Gasteiger partial charge in [-0.15, -0.1) is 11.8 Å². The maximum atomic E-state index is 13.1. The van der Waals surface area contributed by atoms with Crippen LogP contribution in [-0.4, -0.2) is 42.2 Å². The second kappa shape index (κ2) is 10.2. The maximum absolute atomic E-state index is 13.1. The summed E-state index contributed by atoms with van der Waals surface area (Å²) in [5.41, 5.74) is 1.74. The number of hydrogen-bond donors (Lipinski definition) is 2. The Morgan fingerprint density at radius 1 is 1.00 bits per heavy atom. The van der Waals surface area contributed by atoms with E-state index in [0.717, 1.165) is 42.8 Å². The van der Waals surface area contributed by atoms with Crippen molar-refractivity contribution in [3.05, 3.63) is 60.2 Å². The number of urea groups is 1. The Hall–Kier alpha value is -2.47. The molecule has 3 amide bonds. The van der Waals surface area contributed by atoms with Crippen LogP contribution in [0.2, 0.25) is 0 Å². The second-order valence-corrected chi connectivity index (χ2v) is 7.83. The van der Waals surface area contributed by atoms with Gasteiger partial charge < -0.3 is 15.5 Å². The molecule has 148 valence electrons. The smallest absolute Gasteiger partial charge is 0.319 e. The van der Waals surface area contributed by atoms with Crippen molar-refractivity contribution >= 4 is 29.4 Å². The molecule has 0 unspecified atom stereocenters. The van der Waals surface area contributed by atoms with Gasteiger partial charge in [-0.2, -0.15) is 0 Å². The van der Waals surface area contributed by atoms with Crippen molar-refractivity contribution in [2.45, 2.75) is 36.6 Å². The van der Waals surface area contributed by atoms with Gasteiger partial charge >= 0.3 is 6.03 Å². The zero-order valence-electron chi connectivity index (χ0n) is 16.2. The van der Waals surface area contributed by atoms with Gasteiger partial charge in [0, 0.05) is 30.1 Å². The van der Waals surface area contributed by atoms with E-state index in [9.17, 15) is 9.59 Å². The van der Waals surface area contributed by atoms with E-state index in [0.29, 0.717) is 12.1 Å². The second-order valence-electron chi connectivity index (χ2n) is 6.96. The molecule has 5 nitrogen and oxygen atoms in total. The molecule has 2 aromatic rings. The van der Waals surface area contributed by atoms with E-state index < -0.39 is 6.04 Å². The van der Waals surface area contributed by atoms with Crippen molar-refractivity contribution in [3.8, 4) is 0 Å². The first-order valence-electron chi connectivity index (χ1n) is 9.70. The Morgan fingerprint density at radius 2 is 1.68 bits per heavy atom. The molecular weight excluding hydrogens is 370 g/mol. The van der Waals surface area contributed by atoms with E-state index in [1.807, 2.05) is 65.8 Å². The first-order chi connectivity index (χ1) is 13.7. The summed E-state index contributed by atoms with van der Waals surface area (Å²) in [7, 11) is 0. The highest BCUT2D eigenvalue weighted by molar-refractivity contribution is 7.98. The van der Waals surface area contributed by atoms with Gasteiger partial charge in [0.15, 0.2) is 0 Å². The Morgan fingerprint density at radius 3 is 2.32 bits per heavy atom. The largest absolute Gasteiger partial charge is 0.341 e. The number of carbonyl (C=O) groups is 2. The van der Waals surface area contributed by atoms with E-state index in [2.05, 4.69) is 10.6 Å². The minimum Gasteiger partial charge on any atom is -0.341 e. The van der Waals surface area contributed by atoms with Crippen LogP contribution in [0.25, 0.3) is 0 Å². The molecule has 0 radical (unpaired) electrons. The van der Waals surface area contributed by atoms with Crippen LogP contribution in [0.1, 0.15) is 24.8 Å². The van der Waals surface area contributed by atoms with Crippen LogP contribution in [0.15, 0.2) is 59.5 Å². The fourth-order valence-electron chi connectivity index (χ4n) is 3.38. The quantitative estimate of drug-likeness (QED) is 0.720. The summed E-state index contributed by atoms with van der Waals surface area (Å²) in [6, 6.07) is 16.5. The van der Waals surface area contributed by atoms with Crippen molar-refractivity contribution in [1.82, 2.24) is 10.2 Å². The number of amides is 3. The Kier molecular flexibility index (Phi) is 7.37. The molecule has 0 bridgehead atoms. The van der Waals surface area contributed by atoms with E-state index in [4.69, 9.17) is 0 Å². The van der Waals surface area contributed by atoms with Crippen LogP contribution >= 0.6 is 11.8 Å². The first kappa shape index (κ1) is 20.3. The fourth-order valence-corrected chi connectivity index (χ4v) is 3.79. The lowest BCUT2D eigenvalue weighted by atomic mass is 10.0. The van der Waals surface area contributed by atoms with Crippen LogP contribution in [0.3, 0.4) is 0 Å². The van der Waals surface area contributed by atoms with Gasteiger partial charge in [-0.05, 0) is 55.3 Å². The van der Waals surface area contributed by atoms with Gasteiger partial charge in [0.2, 0.25) is 5.91 Å². The van der Waals surface area contributed by atoms with Gasteiger partial charge in [-0.1, -0.05) is 30.3 Å². The third kappa shape index (κ3) is 5.76. The fraction of sp³-hybridized carbons (Fsp3) is 0.364. The van der Waals surface area contributed by atoms with Crippen LogP contribution in [0, 0.1) is 0 Å². The van der Waals surface area contributed by atoms with Crippen molar-refractivity contribution in [1.29, 1.82) is 0 Å². The predicted molar refractivity (Wildman–Crippen MR) is 115 cm³/mol. The molecule has 1 aliphatic heterocycles. The monoisotopic (exact) mass is 397 g/mol. The molecule has 0 spiro atoms. The lowest BCUT2D eigenvalue weighted by Gasteiger charge is -2.31. The molecule has 6 heteroatoms. The number of likely N-dealkylation sites (tertiary alicyclic amines) is 1. The van der Waals surface area contributed by atoms with Crippen LogP contribution in [0.4, 0.5) is 10.5 Å². The van der Waals surface area contributed by atoms with Crippen LogP contribution in [-0.2, 0) is 11.2 Å². The maximum Gasteiger partial charge on any atom is 0.319 e. The highest BCUT2D eigenvalue weighted by Crippen LogP contribution is 2.18. The minimum absolute atomic E-state index is 0.00330. The highest BCUT2D eigenvalue weighted by atomic mass is 32.2. The summed E-state index contributed by atoms with van der Waals surface area (Å²) in [5.74, 6) is -0.00330. The van der Waals surface area contributed by atoms with E-state index in [1.165, 1.54) is 0 Å². The zero-order valence-corrected chi connectivity index (χ0v) is 17.0. The topological polar surface area (TPSA) is 61.4 Å². The number of anilines is 1. The molecule has 1 aliphatic rings. The number of nitrogens with one attached hydrogen (secondary N) is 2. The molecule has 1 atom stereocenters. The number of benzene rings is 2. The molecule has 1 saturated heterocycles. The van der Waals surface area contributed by atoms with E-state index >= 15 is 0 Å². The summed E-state index contributed by atoms with van der Waals surface area (Å²) in [6.45, 7) is 1.53. The van der Waals surface area contributed by atoms with Gasteiger partial charge in [-0.25, -0.2) is 4.79 Å². The molecule has 0 saturated carbocycles. The van der Waals surface area contributed by atoms with E-state index in [-0.39, 0.29) is 11.9 Å². The Labute approximate surface area is 170 Å². The molecule has 0 aliphatic carbocycles. The first-order valence-corrected chi connectivity index (χ1v) is 10.9. The molecular formula is C22H27N3O2S. The lowest BCUT2D eigenvalue weighted by molar-refractivity contribution is -0.134. The van der Waals surface area contributed by atoms with Crippen LogP contribution < -0.4 is 10.6 Å². The third-order valence-electron chi connectivity index (χ3n) is 4.90. The average Bonchev–Trinajstić information content (AvgIpc) is 2.74. The average molecular weight is 398 g/mol. The molecule has 2 aromatic carbocycles. The summed E-state index contributed by atoms with van der Waals surface area (Å²) in [6.07, 6.45) is 5.70. The van der Waals surface area contributed by atoms with Gasteiger partial charge in [-0.3, -0.25) is 4.79 Å². The SMILES string of the molecule is CSc1ccc(NC(=O)N[C@@H](Cc2ccccc2)C(=O)N2CCCCC2)cc1. The molecule has 28 heavy (non-hydrogen) atoms. The summed E-state index contributed by atoms with van der Waals surface area (Å²) >= 11 is 1.65. The predicted octanol–water partition coefficient (Wildman–Crippen LogP) is 4.15.